The normalized spacial score (nSPS) is 16.3. The number of benzene rings is 1. The molecule has 1 aromatic carbocycles. The van der Waals surface area contributed by atoms with Crippen LogP contribution in [0.5, 0.6) is 0 Å². The summed E-state index contributed by atoms with van der Waals surface area (Å²) in [6.45, 7) is 2.31. The van der Waals surface area contributed by atoms with Crippen molar-refractivity contribution in [3.05, 3.63) is 24.0 Å². The maximum atomic E-state index is 12.8. The van der Waals surface area contributed by atoms with Gasteiger partial charge in [-0.25, -0.2) is 4.39 Å². The Labute approximate surface area is 105 Å². The van der Waals surface area contributed by atoms with Gasteiger partial charge in [0, 0.05) is 0 Å². The third-order valence-corrected chi connectivity index (χ3v) is 2.92. The standard InChI is InChI=1S/C13H17FN2O2/c1-8(18-7-9-2-3-9)13(17)16-12-5-4-10(14)6-11(12)15/h4-6,8-9H,2-3,7,15H2,1H3,(H,16,17). The first-order valence-electron chi connectivity index (χ1n) is 6.03. The molecule has 0 aliphatic heterocycles. The van der Waals surface area contributed by atoms with E-state index in [0.29, 0.717) is 18.2 Å². The van der Waals surface area contributed by atoms with Gasteiger partial charge in [-0.15, -0.1) is 0 Å². The number of hydrogen-bond acceptors (Lipinski definition) is 3. The minimum atomic E-state index is -0.532. The van der Waals surface area contributed by atoms with Crippen LogP contribution in [-0.2, 0) is 9.53 Å². The van der Waals surface area contributed by atoms with Crippen LogP contribution in [0.15, 0.2) is 18.2 Å². The number of amides is 1. The largest absolute Gasteiger partial charge is 0.397 e. The van der Waals surface area contributed by atoms with Gasteiger partial charge in [0.25, 0.3) is 5.91 Å². The molecule has 0 aromatic heterocycles. The molecule has 2 rings (SSSR count). The fraction of sp³-hybridized carbons (Fsp3) is 0.462. The lowest BCUT2D eigenvalue weighted by Crippen LogP contribution is -2.28. The SMILES string of the molecule is CC(OCC1CC1)C(=O)Nc1ccc(F)cc1N. The van der Waals surface area contributed by atoms with Crippen molar-refractivity contribution in [3.8, 4) is 0 Å². The van der Waals surface area contributed by atoms with Crippen LogP contribution in [0.25, 0.3) is 0 Å². The van der Waals surface area contributed by atoms with Crippen LogP contribution in [0.1, 0.15) is 19.8 Å². The number of ether oxygens (including phenoxy) is 1. The predicted octanol–water partition coefficient (Wildman–Crippen LogP) is 2.16. The number of hydrogen-bond donors (Lipinski definition) is 2. The van der Waals surface area contributed by atoms with Gasteiger partial charge >= 0.3 is 0 Å². The zero-order valence-corrected chi connectivity index (χ0v) is 10.3. The van der Waals surface area contributed by atoms with E-state index >= 15 is 0 Å². The number of nitrogen functional groups attached to an aromatic ring is 1. The molecular weight excluding hydrogens is 235 g/mol. The van der Waals surface area contributed by atoms with Gasteiger partial charge in [-0.05, 0) is 43.9 Å². The van der Waals surface area contributed by atoms with Crippen molar-refractivity contribution in [2.24, 2.45) is 5.92 Å². The molecule has 3 N–H and O–H groups in total. The third kappa shape index (κ3) is 3.43. The molecular formula is C13H17FN2O2. The number of anilines is 2. The van der Waals surface area contributed by atoms with Crippen LogP contribution in [0.4, 0.5) is 15.8 Å². The molecule has 1 aliphatic carbocycles. The topological polar surface area (TPSA) is 64.3 Å². The average Bonchev–Trinajstić information content (AvgIpc) is 3.13. The minimum absolute atomic E-state index is 0.206. The molecule has 18 heavy (non-hydrogen) atoms. The summed E-state index contributed by atoms with van der Waals surface area (Å²) in [6, 6.07) is 3.86. The van der Waals surface area contributed by atoms with Gasteiger partial charge in [0.1, 0.15) is 11.9 Å². The third-order valence-electron chi connectivity index (χ3n) is 2.92. The molecule has 1 atom stereocenters. The van der Waals surface area contributed by atoms with Gasteiger partial charge in [0.2, 0.25) is 0 Å². The highest BCUT2D eigenvalue weighted by Gasteiger charge is 2.24. The molecule has 0 spiro atoms. The summed E-state index contributed by atoms with van der Waals surface area (Å²) in [5.41, 5.74) is 6.22. The molecule has 0 saturated heterocycles. The predicted molar refractivity (Wildman–Crippen MR) is 67.6 cm³/mol. The monoisotopic (exact) mass is 252 g/mol. The second-order valence-corrected chi connectivity index (χ2v) is 4.64. The van der Waals surface area contributed by atoms with Crippen molar-refractivity contribution in [2.75, 3.05) is 17.7 Å². The fourth-order valence-electron chi connectivity index (χ4n) is 1.52. The molecule has 1 fully saturated rings. The number of halogens is 1. The van der Waals surface area contributed by atoms with Crippen LogP contribution in [0.2, 0.25) is 0 Å². The van der Waals surface area contributed by atoms with E-state index in [9.17, 15) is 9.18 Å². The lowest BCUT2D eigenvalue weighted by molar-refractivity contribution is -0.126. The van der Waals surface area contributed by atoms with E-state index in [1.54, 1.807) is 6.92 Å². The summed E-state index contributed by atoms with van der Waals surface area (Å²) >= 11 is 0. The molecule has 1 aliphatic rings. The summed E-state index contributed by atoms with van der Waals surface area (Å²) in [5.74, 6) is -0.0892. The smallest absolute Gasteiger partial charge is 0.253 e. The van der Waals surface area contributed by atoms with E-state index in [0.717, 1.165) is 0 Å². The summed E-state index contributed by atoms with van der Waals surface area (Å²) < 4.78 is 18.3. The number of nitrogens with two attached hydrogens (primary N) is 1. The first-order chi connectivity index (χ1) is 8.56. The van der Waals surface area contributed by atoms with Crippen molar-refractivity contribution in [1.29, 1.82) is 0 Å². The zero-order valence-electron chi connectivity index (χ0n) is 10.3. The second kappa shape index (κ2) is 5.35. The van der Waals surface area contributed by atoms with Crippen molar-refractivity contribution in [3.63, 3.8) is 0 Å². The Kier molecular flexibility index (Phi) is 3.81. The first-order valence-corrected chi connectivity index (χ1v) is 6.03. The van der Waals surface area contributed by atoms with Crippen molar-refractivity contribution in [1.82, 2.24) is 0 Å². The second-order valence-electron chi connectivity index (χ2n) is 4.64. The van der Waals surface area contributed by atoms with Crippen molar-refractivity contribution in [2.45, 2.75) is 25.9 Å². The molecule has 0 bridgehead atoms. The Hall–Kier alpha value is -1.62. The molecule has 0 heterocycles. The zero-order chi connectivity index (χ0) is 13.1. The van der Waals surface area contributed by atoms with Crippen LogP contribution in [-0.4, -0.2) is 18.6 Å². The molecule has 1 amide bonds. The Bertz CT molecular complexity index is 447. The van der Waals surface area contributed by atoms with E-state index in [4.69, 9.17) is 10.5 Å². The quantitative estimate of drug-likeness (QED) is 0.789. The molecule has 1 unspecified atom stereocenters. The number of rotatable bonds is 5. The van der Waals surface area contributed by atoms with Crippen molar-refractivity contribution < 1.29 is 13.9 Å². The van der Waals surface area contributed by atoms with Crippen LogP contribution >= 0.6 is 0 Å². The summed E-state index contributed by atoms with van der Waals surface area (Å²) in [6.07, 6.45) is 1.83. The van der Waals surface area contributed by atoms with Crippen molar-refractivity contribution >= 4 is 17.3 Å². The maximum Gasteiger partial charge on any atom is 0.253 e. The van der Waals surface area contributed by atoms with Gasteiger partial charge in [-0.3, -0.25) is 4.79 Å². The van der Waals surface area contributed by atoms with Crippen LogP contribution < -0.4 is 11.1 Å². The number of nitrogens with one attached hydrogen (secondary N) is 1. The van der Waals surface area contributed by atoms with Gasteiger partial charge in [0.15, 0.2) is 0 Å². The lowest BCUT2D eigenvalue weighted by Gasteiger charge is -2.14. The Morgan fingerprint density at radius 2 is 2.33 bits per heavy atom. The summed E-state index contributed by atoms with van der Waals surface area (Å²) in [5, 5.41) is 2.63. The molecule has 4 nitrogen and oxygen atoms in total. The highest BCUT2D eigenvalue weighted by molar-refractivity contribution is 5.96. The van der Waals surface area contributed by atoms with E-state index in [1.165, 1.54) is 31.0 Å². The van der Waals surface area contributed by atoms with Gasteiger partial charge in [-0.2, -0.15) is 0 Å². The molecule has 98 valence electrons. The fourth-order valence-corrected chi connectivity index (χ4v) is 1.52. The van der Waals surface area contributed by atoms with Crippen LogP contribution in [0, 0.1) is 11.7 Å². The number of carbonyl (C=O) groups excluding carboxylic acids is 1. The van der Waals surface area contributed by atoms with E-state index in [1.807, 2.05) is 0 Å². The van der Waals surface area contributed by atoms with Gasteiger partial charge < -0.3 is 15.8 Å². The van der Waals surface area contributed by atoms with E-state index in [2.05, 4.69) is 5.32 Å². The Balaban J connectivity index is 1.88. The summed E-state index contributed by atoms with van der Waals surface area (Å²) in [4.78, 5) is 11.8. The molecule has 1 aromatic rings. The molecule has 5 heteroatoms. The van der Waals surface area contributed by atoms with Crippen LogP contribution in [0.3, 0.4) is 0 Å². The molecule has 1 saturated carbocycles. The highest BCUT2D eigenvalue weighted by Crippen LogP contribution is 2.29. The van der Waals surface area contributed by atoms with E-state index < -0.39 is 11.9 Å². The maximum absolute atomic E-state index is 12.8. The first kappa shape index (κ1) is 12.8. The Morgan fingerprint density at radius 1 is 1.61 bits per heavy atom. The van der Waals surface area contributed by atoms with Gasteiger partial charge in [0.05, 0.1) is 18.0 Å². The van der Waals surface area contributed by atoms with Gasteiger partial charge in [-0.1, -0.05) is 0 Å². The summed E-state index contributed by atoms with van der Waals surface area (Å²) in [7, 11) is 0. The van der Waals surface area contributed by atoms with E-state index in [-0.39, 0.29) is 11.6 Å². The molecule has 0 radical (unpaired) electrons. The minimum Gasteiger partial charge on any atom is -0.397 e. The average molecular weight is 252 g/mol. The Morgan fingerprint density at radius 3 is 2.94 bits per heavy atom. The highest BCUT2D eigenvalue weighted by atomic mass is 19.1. The number of carbonyl (C=O) groups is 1. The lowest BCUT2D eigenvalue weighted by atomic mass is 10.2.